The number of pyridine rings is 1. The van der Waals surface area contributed by atoms with Crippen molar-refractivity contribution in [1.29, 1.82) is 0 Å². The molecule has 2 rings (SSSR count). The molecule has 0 aromatic carbocycles. The van der Waals surface area contributed by atoms with Crippen LogP contribution in [-0.4, -0.2) is 28.8 Å². The first-order valence-electron chi connectivity index (χ1n) is 5.38. The third-order valence-electron chi connectivity index (χ3n) is 2.29. The van der Waals surface area contributed by atoms with E-state index in [9.17, 15) is 0 Å². The molecule has 0 radical (unpaired) electrons. The van der Waals surface area contributed by atoms with E-state index in [2.05, 4.69) is 20.5 Å². The lowest BCUT2D eigenvalue weighted by molar-refractivity contribution is 0.495. The van der Waals surface area contributed by atoms with E-state index in [0.717, 1.165) is 19.4 Å². The topological polar surface area (TPSA) is 63.8 Å². The highest BCUT2D eigenvalue weighted by Crippen LogP contribution is 2.25. The molecule has 6 heteroatoms. The van der Waals surface area contributed by atoms with E-state index in [0.29, 0.717) is 22.4 Å². The Morgan fingerprint density at radius 1 is 1.41 bits per heavy atom. The van der Waals surface area contributed by atoms with Gasteiger partial charge in [-0.25, -0.2) is 0 Å². The number of nitrogens with one attached hydrogen (secondary N) is 1. The van der Waals surface area contributed by atoms with Gasteiger partial charge in [-0.1, -0.05) is 11.6 Å². The fourth-order valence-electron chi connectivity index (χ4n) is 1.43. The van der Waals surface area contributed by atoms with E-state index in [1.165, 1.54) is 0 Å². The summed E-state index contributed by atoms with van der Waals surface area (Å²) in [5, 5.41) is 11.5. The number of hydrogen-bond acceptors (Lipinski definition) is 5. The molecular formula is C11H13ClN4O. The maximum atomic E-state index is 5.99. The van der Waals surface area contributed by atoms with Crippen LogP contribution >= 0.6 is 11.6 Å². The predicted molar refractivity (Wildman–Crippen MR) is 64.8 cm³/mol. The quantitative estimate of drug-likeness (QED) is 0.824. The maximum Gasteiger partial charge on any atom is 0.249 e. The van der Waals surface area contributed by atoms with Crippen molar-refractivity contribution in [2.45, 2.75) is 12.8 Å². The first-order chi connectivity index (χ1) is 8.31. The summed E-state index contributed by atoms with van der Waals surface area (Å²) in [5.41, 5.74) is 0.717. The Balaban J connectivity index is 2.10. The van der Waals surface area contributed by atoms with Crippen LogP contribution < -0.4 is 5.32 Å². The van der Waals surface area contributed by atoms with E-state index in [4.69, 9.17) is 16.0 Å². The Morgan fingerprint density at radius 2 is 2.29 bits per heavy atom. The minimum atomic E-state index is 0.442. The molecule has 0 aliphatic rings. The molecule has 0 aliphatic heterocycles. The summed E-state index contributed by atoms with van der Waals surface area (Å²) in [6.07, 6.45) is 4.92. The number of aromatic nitrogens is 3. The Bertz CT molecular complexity index is 486. The van der Waals surface area contributed by atoms with Crippen molar-refractivity contribution in [3.63, 3.8) is 0 Å². The van der Waals surface area contributed by atoms with Crippen molar-refractivity contribution in [2.24, 2.45) is 0 Å². The lowest BCUT2D eigenvalue weighted by atomic mass is 10.3. The third kappa shape index (κ3) is 3.01. The normalized spacial score (nSPS) is 10.7. The third-order valence-corrected chi connectivity index (χ3v) is 2.59. The van der Waals surface area contributed by atoms with Gasteiger partial charge >= 0.3 is 0 Å². The standard InChI is InChI=1S/C11H13ClN4O/c1-13-5-2-3-10-15-16-11(17-10)8-4-6-14-7-9(8)12/h4,6-7,13H,2-3,5H2,1H3. The Hall–Kier alpha value is -1.46. The SMILES string of the molecule is CNCCCc1nnc(-c2ccncc2Cl)o1. The molecule has 0 bridgehead atoms. The number of aryl methyl sites for hydroxylation is 1. The molecule has 0 unspecified atom stereocenters. The maximum absolute atomic E-state index is 5.99. The molecule has 90 valence electrons. The van der Waals surface area contributed by atoms with Crippen LogP contribution in [0, 0.1) is 0 Å². The summed E-state index contributed by atoms with van der Waals surface area (Å²) in [5.74, 6) is 1.07. The van der Waals surface area contributed by atoms with Crippen molar-refractivity contribution in [2.75, 3.05) is 13.6 Å². The van der Waals surface area contributed by atoms with Crippen LogP contribution in [0.2, 0.25) is 5.02 Å². The van der Waals surface area contributed by atoms with E-state index in [-0.39, 0.29) is 0 Å². The first kappa shape index (κ1) is 12.0. The number of halogens is 1. The monoisotopic (exact) mass is 252 g/mol. The largest absolute Gasteiger partial charge is 0.421 e. The van der Waals surface area contributed by atoms with Gasteiger partial charge in [0.1, 0.15) is 0 Å². The highest BCUT2D eigenvalue weighted by atomic mass is 35.5. The highest BCUT2D eigenvalue weighted by molar-refractivity contribution is 6.32. The Kier molecular flexibility index (Phi) is 4.06. The van der Waals surface area contributed by atoms with Crippen molar-refractivity contribution >= 4 is 11.6 Å². The molecule has 2 aromatic heterocycles. The van der Waals surface area contributed by atoms with Crippen molar-refractivity contribution in [3.05, 3.63) is 29.4 Å². The first-order valence-corrected chi connectivity index (χ1v) is 5.76. The molecule has 0 amide bonds. The average Bonchev–Trinajstić information content (AvgIpc) is 2.79. The summed E-state index contributed by atoms with van der Waals surface area (Å²) in [4.78, 5) is 3.91. The molecule has 17 heavy (non-hydrogen) atoms. The molecule has 5 nitrogen and oxygen atoms in total. The highest BCUT2D eigenvalue weighted by Gasteiger charge is 2.11. The van der Waals surface area contributed by atoms with Crippen molar-refractivity contribution in [3.8, 4) is 11.5 Å². The molecule has 0 saturated carbocycles. The van der Waals surface area contributed by atoms with Crippen molar-refractivity contribution in [1.82, 2.24) is 20.5 Å². The van der Waals surface area contributed by atoms with E-state index in [1.54, 1.807) is 18.5 Å². The molecule has 0 atom stereocenters. The second kappa shape index (κ2) is 5.75. The smallest absolute Gasteiger partial charge is 0.249 e. The summed E-state index contributed by atoms with van der Waals surface area (Å²) in [7, 11) is 1.91. The summed E-state index contributed by atoms with van der Waals surface area (Å²) < 4.78 is 5.53. The van der Waals surface area contributed by atoms with Gasteiger partial charge in [0.05, 0.1) is 10.6 Å². The van der Waals surface area contributed by atoms with E-state index < -0.39 is 0 Å². The van der Waals surface area contributed by atoms with Crippen LogP contribution in [0.5, 0.6) is 0 Å². The van der Waals surface area contributed by atoms with Gasteiger partial charge in [0.25, 0.3) is 0 Å². The lowest BCUT2D eigenvalue weighted by Crippen LogP contribution is -2.08. The van der Waals surface area contributed by atoms with E-state index >= 15 is 0 Å². The Labute approximate surface area is 104 Å². The molecule has 0 saturated heterocycles. The van der Waals surface area contributed by atoms with Gasteiger partial charge in [0.15, 0.2) is 0 Å². The summed E-state index contributed by atoms with van der Waals surface area (Å²) in [6.45, 7) is 0.924. The molecule has 2 aromatic rings. The molecule has 1 N–H and O–H groups in total. The fourth-order valence-corrected chi connectivity index (χ4v) is 1.63. The number of nitrogens with zero attached hydrogens (tertiary/aromatic N) is 3. The van der Waals surface area contributed by atoms with Gasteiger partial charge in [-0.2, -0.15) is 0 Å². The Morgan fingerprint density at radius 3 is 3.06 bits per heavy atom. The van der Waals surface area contributed by atoms with Gasteiger partial charge < -0.3 is 9.73 Å². The average molecular weight is 253 g/mol. The van der Waals surface area contributed by atoms with E-state index in [1.807, 2.05) is 7.05 Å². The number of rotatable bonds is 5. The van der Waals surface area contributed by atoms with Gasteiger partial charge in [-0.15, -0.1) is 10.2 Å². The molecule has 0 fully saturated rings. The van der Waals surface area contributed by atoms with Gasteiger partial charge in [-0.05, 0) is 26.1 Å². The van der Waals surface area contributed by atoms with Crippen molar-refractivity contribution < 1.29 is 4.42 Å². The van der Waals surface area contributed by atoms with Crippen LogP contribution in [0.4, 0.5) is 0 Å². The van der Waals surface area contributed by atoms with Gasteiger partial charge in [-0.3, -0.25) is 4.98 Å². The minimum Gasteiger partial charge on any atom is -0.421 e. The van der Waals surface area contributed by atoms with Crippen LogP contribution in [0.15, 0.2) is 22.9 Å². The second-order valence-electron chi connectivity index (χ2n) is 3.56. The molecule has 0 aliphatic carbocycles. The molecular weight excluding hydrogens is 240 g/mol. The zero-order chi connectivity index (χ0) is 12.1. The zero-order valence-electron chi connectivity index (χ0n) is 9.48. The second-order valence-corrected chi connectivity index (χ2v) is 3.97. The fraction of sp³-hybridized carbons (Fsp3) is 0.364. The predicted octanol–water partition coefficient (Wildman–Crippen LogP) is 1.94. The van der Waals surface area contributed by atoms with Crippen LogP contribution in [0.3, 0.4) is 0 Å². The minimum absolute atomic E-state index is 0.442. The van der Waals surface area contributed by atoms with Gasteiger partial charge in [0, 0.05) is 18.8 Å². The molecule has 2 heterocycles. The summed E-state index contributed by atoms with van der Waals surface area (Å²) >= 11 is 5.99. The van der Waals surface area contributed by atoms with Gasteiger partial charge in [0.2, 0.25) is 11.8 Å². The lowest BCUT2D eigenvalue weighted by Gasteiger charge is -1.97. The van der Waals surface area contributed by atoms with Crippen LogP contribution in [0.25, 0.3) is 11.5 Å². The summed E-state index contributed by atoms with van der Waals surface area (Å²) in [6, 6.07) is 1.76. The molecule has 0 spiro atoms. The van der Waals surface area contributed by atoms with Crippen LogP contribution in [0.1, 0.15) is 12.3 Å². The number of hydrogen-bond donors (Lipinski definition) is 1. The zero-order valence-corrected chi connectivity index (χ0v) is 10.2. The van der Waals surface area contributed by atoms with Crippen LogP contribution in [-0.2, 0) is 6.42 Å².